The number of aromatic nitrogens is 1. The predicted octanol–water partition coefficient (Wildman–Crippen LogP) is 3.19. The van der Waals surface area contributed by atoms with E-state index in [1.54, 1.807) is 20.4 Å². The van der Waals surface area contributed by atoms with Crippen LogP contribution in [0.25, 0.3) is 0 Å². The van der Waals surface area contributed by atoms with Crippen LogP contribution in [0.3, 0.4) is 0 Å². The van der Waals surface area contributed by atoms with Gasteiger partial charge < -0.3 is 14.4 Å². The number of hydrogen-bond acceptors (Lipinski definition) is 5. The van der Waals surface area contributed by atoms with E-state index in [1.807, 2.05) is 29.3 Å². The molecule has 2 atom stereocenters. The highest BCUT2D eigenvalue weighted by molar-refractivity contribution is 5.77. The lowest BCUT2D eigenvalue weighted by Gasteiger charge is -2.31. The van der Waals surface area contributed by atoms with E-state index in [9.17, 15) is 4.79 Å². The van der Waals surface area contributed by atoms with Crippen molar-refractivity contribution in [3.8, 4) is 5.75 Å². The molecule has 0 aliphatic carbocycles. The molecule has 0 N–H and O–H groups in total. The van der Waals surface area contributed by atoms with E-state index >= 15 is 0 Å². The van der Waals surface area contributed by atoms with Crippen LogP contribution in [0.2, 0.25) is 0 Å². The lowest BCUT2D eigenvalue weighted by Crippen LogP contribution is -2.43. The van der Waals surface area contributed by atoms with Gasteiger partial charge in [-0.25, -0.2) is 0 Å². The number of pyridine rings is 1. The molecule has 1 aromatic heterocycles. The maximum absolute atomic E-state index is 12.7. The number of methoxy groups -OCH3 is 2. The van der Waals surface area contributed by atoms with Crippen molar-refractivity contribution in [1.29, 1.82) is 0 Å². The van der Waals surface area contributed by atoms with Crippen molar-refractivity contribution in [3.63, 3.8) is 0 Å². The van der Waals surface area contributed by atoms with Crippen LogP contribution in [-0.2, 0) is 16.1 Å². The van der Waals surface area contributed by atoms with Gasteiger partial charge in [0.2, 0.25) is 5.91 Å². The molecule has 30 heavy (non-hydrogen) atoms. The van der Waals surface area contributed by atoms with Crippen molar-refractivity contribution in [2.45, 2.75) is 32.4 Å². The molecule has 1 aromatic carbocycles. The van der Waals surface area contributed by atoms with E-state index in [0.717, 1.165) is 25.4 Å². The lowest BCUT2D eigenvalue weighted by molar-refractivity contribution is -0.137. The molecule has 2 unspecified atom stereocenters. The number of ether oxygens (including phenoxy) is 2. The van der Waals surface area contributed by atoms with Crippen LogP contribution >= 0.6 is 0 Å². The van der Waals surface area contributed by atoms with Gasteiger partial charge in [0.05, 0.1) is 7.11 Å². The number of para-hydroxylation sites is 1. The standard InChI is InChI=1S/C24H33N3O3/c1-18(2)27(24(28)17-29-3)15-20-14-26(13-19-8-7-11-25-12-19)16-22(20)21-9-5-6-10-23(21)30-4/h5-12,18,20,22H,13-17H2,1-4H3. The predicted molar refractivity (Wildman–Crippen MR) is 117 cm³/mol. The Morgan fingerprint density at radius 1 is 1.20 bits per heavy atom. The Labute approximate surface area is 179 Å². The molecule has 6 nitrogen and oxygen atoms in total. The molecular weight excluding hydrogens is 378 g/mol. The summed E-state index contributed by atoms with van der Waals surface area (Å²) in [5.74, 6) is 1.54. The summed E-state index contributed by atoms with van der Waals surface area (Å²) in [4.78, 5) is 21.3. The Balaban J connectivity index is 1.85. The van der Waals surface area contributed by atoms with Crippen LogP contribution in [0, 0.1) is 5.92 Å². The number of nitrogens with zero attached hydrogens (tertiary/aromatic N) is 3. The first-order valence-electron chi connectivity index (χ1n) is 10.6. The molecule has 2 heterocycles. The molecule has 0 saturated carbocycles. The second-order valence-electron chi connectivity index (χ2n) is 8.24. The lowest BCUT2D eigenvalue weighted by atomic mass is 9.87. The second kappa shape index (κ2) is 10.5. The Morgan fingerprint density at radius 3 is 2.67 bits per heavy atom. The molecule has 1 aliphatic heterocycles. The largest absolute Gasteiger partial charge is 0.496 e. The van der Waals surface area contributed by atoms with Gasteiger partial charge in [0.1, 0.15) is 12.4 Å². The fourth-order valence-corrected chi connectivity index (χ4v) is 4.41. The highest BCUT2D eigenvalue weighted by Crippen LogP contribution is 2.38. The molecule has 1 fully saturated rings. The van der Waals surface area contributed by atoms with E-state index in [2.05, 4.69) is 41.9 Å². The summed E-state index contributed by atoms with van der Waals surface area (Å²) in [6.07, 6.45) is 3.73. The molecule has 0 bridgehead atoms. The van der Waals surface area contributed by atoms with Gasteiger partial charge in [0, 0.05) is 57.6 Å². The minimum atomic E-state index is 0.0389. The molecule has 2 aromatic rings. The second-order valence-corrected chi connectivity index (χ2v) is 8.24. The third kappa shape index (κ3) is 5.37. The zero-order valence-corrected chi connectivity index (χ0v) is 18.5. The van der Waals surface area contributed by atoms with Gasteiger partial charge in [-0.05, 0) is 43.0 Å². The van der Waals surface area contributed by atoms with Crippen molar-refractivity contribution in [2.24, 2.45) is 5.92 Å². The van der Waals surface area contributed by atoms with Gasteiger partial charge in [-0.2, -0.15) is 0 Å². The van der Waals surface area contributed by atoms with Crippen LogP contribution in [0.5, 0.6) is 5.75 Å². The summed E-state index contributed by atoms with van der Waals surface area (Å²) < 4.78 is 10.8. The summed E-state index contributed by atoms with van der Waals surface area (Å²) in [7, 11) is 3.29. The number of benzene rings is 1. The van der Waals surface area contributed by atoms with E-state index in [0.29, 0.717) is 12.5 Å². The molecule has 162 valence electrons. The van der Waals surface area contributed by atoms with Gasteiger partial charge >= 0.3 is 0 Å². The molecule has 3 rings (SSSR count). The number of carbonyl (C=O) groups is 1. The van der Waals surface area contributed by atoms with Crippen molar-refractivity contribution < 1.29 is 14.3 Å². The third-order valence-electron chi connectivity index (χ3n) is 5.83. The number of hydrogen-bond donors (Lipinski definition) is 0. The van der Waals surface area contributed by atoms with Gasteiger partial charge in [-0.3, -0.25) is 14.7 Å². The fourth-order valence-electron chi connectivity index (χ4n) is 4.41. The van der Waals surface area contributed by atoms with Crippen LogP contribution < -0.4 is 4.74 Å². The van der Waals surface area contributed by atoms with E-state index in [-0.39, 0.29) is 24.5 Å². The van der Waals surface area contributed by atoms with Crippen molar-refractivity contribution in [2.75, 3.05) is 40.5 Å². The minimum Gasteiger partial charge on any atom is -0.496 e. The van der Waals surface area contributed by atoms with E-state index in [4.69, 9.17) is 9.47 Å². The monoisotopic (exact) mass is 411 g/mol. The first-order chi connectivity index (χ1) is 14.5. The van der Waals surface area contributed by atoms with E-state index in [1.165, 1.54) is 11.1 Å². The molecular formula is C24H33N3O3. The molecule has 1 amide bonds. The Morgan fingerprint density at radius 2 is 2.00 bits per heavy atom. The van der Waals surface area contributed by atoms with Crippen molar-refractivity contribution >= 4 is 5.91 Å². The highest BCUT2D eigenvalue weighted by Gasteiger charge is 2.37. The van der Waals surface area contributed by atoms with Gasteiger partial charge in [0.15, 0.2) is 0 Å². The fraction of sp³-hybridized carbons (Fsp3) is 0.500. The first kappa shape index (κ1) is 22.2. The topological polar surface area (TPSA) is 54.9 Å². The minimum absolute atomic E-state index is 0.0389. The highest BCUT2D eigenvalue weighted by atomic mass is 16.5. The summed E-state index contributed by atoms with van der Waals surface area (Å²) in [5.41, 5.74) is 2.41. The molecule has 0 spiro atoms. The summed E-state index contributed by atoms with van der Waals surface area (Å²) in [6.45, 7) is 7.63. The van der Waals surface area contributed by atoms with Crippen LogP contribution in [-0.4, -0.2) is 67.2 Å². The molecule has 1 saturated heterocycles. The Kier molecular flexibility index (Phi) is 7.82. The smallest absolute Gasteiger partial charge is 0.248 e. The van der Waals surface area contributed by atoms with Crippen LogP contribution in [0.4, 0.5) is 0 Å². The first-order valence-corrected chi connectivity index (χ1v) is 10.6. The quantitative estimate of drug-likeness (QED) is 0.634. The maximum Gasteiger partial charge on any atom is 0.248 e. The van der Waals surface area contributed by atoms with E-state index < -0.39 is 0 Å². The normalized spacial score (nSPS) is 19.2. The summed E-state index contributed by atoms with van der Waals surface area (Å²) in [6, 6.07) is 12.5. The summed E-state index contributed by atoms with van der Waals surface area (Å²) in [5, 5.41) is 0. The van der Waals surface area contributed by atoms with Crippen molar-refractivity contribution in [3.05, 3.63) is 59.9 Å². The number of rotatable bonds is 9. The van der Waals surface area contributed by atoms with Crippen LogP contribution in [0.15, 0.2) is 48.8 Å². The number of amides is 1. The number of carbonyl (C=O) groups excluding carboxylic acids is 1. The van der Waals surface area contributed by atoms with Gasteiger partial charge in [-0.1, -0.05) is 24.3 Å². The van der Waals surface area contributed by atoms with Gasteiger partial charge in [-0.15, -0.1) is 0 Å². The zero-order valence-electron chi connectivity index (χ0n) is 18.5. The molecule has 1 aliphatic rings. The summed E-state index contributed by atoms with van der Waals surface area (Å²) >= 11 is 0. The van der Waals surface area contributed by atoms with Crippen molar-refractivity contribution in [1.82, 2.24) is 14.8 Å². The SMILES string of the molecule is COCC(=O)N(CC1CN(Cc2cccnc2)CC1c1ccccc1OC)C(C)C. The number of likely N-dealkylation sites (tertiary alicyclic amines) is 1. The van der Waals surface area contributed by atoms with Crippen LogP contribution in [0.1, 0.15) is 30.9 Å². The third-order valence-corrected chi connectivity index (χ3v) is 5.83. The maximum atomic E-state index is 12.7. The average Bonchev–Trinajstić information content (AvgIpc) is 3.14. The average molecular weight is 412 g/mol. The zero-order chi connectivity index (χ0) is 21.5. The van der Waals surface area contributed by atoms with Gasteiger partial charge in [0.25, 0.3) is 0 Å². The molecule has 0 radical (unpaired) electrons. The Hall–Kier alpha value is -2.44. The molecule has 6 heteroatoms. The Bertz CT molecular complexity index is 812.